The standard InChI is InChI=1S/C14H17F3N2O2/c1-19-4-2-12(3-5-19)21-13(20)9-6-10(14(15,16)17)8-11(18)7-9/h6-8,12H,2-5,18H2,1H3. The number of carbonyl (C=O) groups excluding carboxylic acids is 1. The highest BCUT2D eigenvalue weighted by molar-refractivity contribution is 5.90. The first-order valence-electron chi connectivity index (χ1n) is 6.63. The number of ether oxygens (including phenoxy) is 1. The van der Waals surface area contributed by atoms with Gasteiger partial charge in [-0.15, -0.1) is 0 Å². The summed E-state index contributed by atoms with van der Waals surface area (Å²) in [6.45, 7) is 1.59. The van der Waals surface area contributed by atoms with E-state index in [1.807, 2.05) is 7.05 Å². The number of esters is 1. The molecule has 0 amide bonds. The zero-order chi connectivity index (χ0) is 15.6. The molecule has 7 heteroatoms. The number of likely N-dealkylation sites (tertiary alicyclic amines) is 1. The maximum atomic E-state index is 12.7. The highest BCUT2D eigenvalue weighted by atomic mass is 19.4. The molecule has 21 heavy (non-hydrogen) atoms. The van der Waals surface area contributed by atoms with Crippen molar-refractivity contribution in [3.63, 3.8) is 0 Å². The molecule has 1 fully saturated rings. The van der Waals surface area contributed by atoms with E-state index in [4.69, 9.17) is 10.5 Å². The quantitative estimate of drug-likeness (QED) is 0.674. The van der Waals surface area contributed by atoms with E-state index in [0.717, 1.165) is 25.2 Å². The molecule has 1 saturated heterocycles. The van der Waals surface area contributed by atoms with Gasteiger partial charge >= 0.3 is 12.1 Å². The average molecular weight is 302 g/mol. The lowest BCUT2D eigenvalue weighted by Gasteiger charge is -2.28. The second kappa shape index (κ2) is 5.93. The lowest BCUT2D eigenvalue weighted by Crippen LogP contribution is -2.35. The van der Waals surface area contributed by atoms with E-state index in [1.165, 1.54) is 6.07 Å². The third-order valence-corrected chi connectivity index (χ3v) is 3.46. The van der Waals surface area contributed by atoms with Gasteiger partial charge in [0.25, 0.3) is 0 Å². The molecule has 2 N–H and O–H groups in total. The minimum Gasteiger partial charge on any atom is -0.459 e. The summed E-state index contributed by atoms with van der Waals surface area (Å²) >= 11 is 0. The van der Waals surface area contributed by atoms with Gasteiger partial charge in [-0.25, -0.2) is 4.79 Å². The molecule has 0 radical (unpaired) electrons. The molecule has 0 aliphatic carbocycles. The largest absolute Gasteiger partial charge is 0.459 e. The van der Waals surface area contributed by atoms with E-state index < -0.39 is 17.7 Å². The molecular formula is C14H17F3N2O2. The Morgan fingerprint density at radius 3 is 2.48 bits per heavy atom. The van der Waals surface area contributed by atoms with Crippen LogP contribution < -0.4 is 5.73 Å². The van der Waals surface area contributed by atoms with Gasteiger partial charge in [-0.2, -0.15) is 13.2 Å². The van der Waals surface area contributed by atoms with Gasteiger partial charge in [0, 0.05) is 18.8 Å². The van der Waals surface area contributed by atoms with E-state index in [1.54, 1.807) is 0 Å². The first kappa shape index (κ1) is 15.6. The summed E-state index contributed by atoms with van der Waals surface area (Å²) in [6.07, 6.45) is -3.45. The normalized spacial score (nSPS) is 17.7. The maximum absolute atomic E-state index is 12.7. The van der Waals surface area contributed by atoms with Crippen LogP contribution in [0.2, 0.25) is 0 Å². The van der Waals surface area contributed by atoms with Gasteiger partial charge in [-0.3, -0.25) is 0 Å². The molecule has 0 aromatic heterocycles. The third kappa shape index (κ3) is 4.10. The molecule has 2 rings (SSSR count). The number of hydrogen-bond acceptors (Lipinski definition) is 4. The van der Waals surface area contributed by atoms with Crippen LogP contribution in [0.5, 0.6) is 0 Å². The number of piperidine rings is 1. The van der Waals surface area contributed by atoms with Crippen LogP contribution in [0.25, 0.3) is 0 Å². The van der Waals surface area contributed by atoms with Crippen molar-refractivity contribution in [1.29, 1.82) is 0 Å². The molecule has 1 aliphatic heterocycles. The average Bonchev–Trinajstić information content (AvgIpc) is 2.39. The number of benzene rings is 1. The van der Waals surface area contributed by atoms with Crippen LogP contribution in [0.3, 0.4) is 0 Å². The molecule has 0 unspecified atom stereocenters. The minimum atomic E-state index is -4.54. The third-order valence-electron chi connectivity index (χ3n) is 3.46. The van der Waals surface area contributed by atoms with Crippen LogP contribution >= 0.6 is 0 Å². The number of halogens is 3. The summed E-state index contributed by atoms with van der Waals surface area (Å²) in [5, 5.41) is 0. The fourth-order valence-electron chi connectivity index (χ4n) is 2.26. The second-order valence-corrected chi connectivity index (χ2v) is 5.25. The Morgan fingerprint density at radius 1 is 1.29 bits per heavy atom. The Bertz CT molecular complexity index is 523. The van der Waals surface area contributed by atoms with Crippen LogP contribution in [0.15, 0.2) is 18.2 Å². The summed E-state index contributed by atoms with van der Waals surface area (Å²) in [5.41, 5.74) is 4.21. The van der Waals surface area contributed by atoms with Crippen molar-refractivity contribution in [2.75, 3.05) is 25.9 Å². The SMILES string of the molecule is CN1CCC(OC(=O)c2cc(N)cc(C(F)(F)F)c2)CC1. The predicted octanol–water partition coefficient (Wildman–Crippen LogP) is 2.54. The summed E-state index contributed by atoms with van der Waals surface area (Å²) in [7, 11) is 1.96. The molecule has 0 atom stereocenters. The first-order chi connectivity index (χ1) is 9.75. The number of rotatable bonds is 2. The molecule has 116 valence electrons. The topological polar surface area (TPSA) is 55.6 Å². The van der Waals surface area contributed by atoms with Gasteiger partial charge in [-0.05, 0) is 38.1 Å². The smallest absolute Gasteiger partial charge is 0.416 e. The molecule has 1 aromatic rings. The van der Waals surface area contributed by atoms with E-state index in [-0.39, 0.29) is 17.4 Å². The van der Waals surface area contributed by atoms with E-state index in [2.05, 4.69) is 4.90 Å². The molecule has 0 bridgehead atoms. The van der Waals surface area contributed by atoms with E-state index in [9.17, 15) is 18.0 Å². The Labute approximate surface area is 120 Å². The van der Waals surface area contributed by atoms with Crippen molar-refractivity contribution in [2.45, 2.75) is 25.1 Å². The molecule has 1 aliphatic rings. The van der Waals surface area contributed by atoms with Gasteiger partial charge in [0.1, 0.15) is 6.10 Å². The fourth-order valence-corrected chi connectivity index (χ4v) is 2.26. The number of hydrogen-bond donors (Lipinski definition) is 1. The van der Waals surface area contributed by atoms with Gasteiger partial charge in [-0.1, -0.05) is 0 Å². The van der Waals surface area contributed by atoms with Crippen molar-refractivity contribution < 1.29 is 22.7 Å². The predicted molar refractivity (Wildman–Crippen MR) is 71.8 cm³/mol. The molecule has 1 aromatic carbocycles. The fraction of sp³-hybridized carbons (Fsp3) is 0.500. The number of alkyl halides is 3. The Kier molecular flexibility index (Phi) is 4.41. The van der Waals surface area contributed by atoms with Crippen molar-refractivity contribution in [3.8, 4) is 0 Å². The van der Waals surface area contributed by atoms with Crippen LogP contribution in [0.1, 0.15) is 28.8 Å². The Morgan fingerprint density at radius 2 is 1.90 bits per heavy atom. The maximum Gasteiger partial charge on any atom is 0.416 e. The molecule has 0 saturated carbocycles. The van der Waals surface area contributed by atoms with Crippen LogP contribution in [0.4, 0.5) is 18.9 Å². The monoisotopic (exact) mass is 302 g/mol. The number of anilines is 1. The van der Waals surface area contributed by atoms with Crippen molar-refractivity contribution in [1.82, 2.24) is 4.90 Å². The Hall–Kier alpha value is -1.76. The first-order valence-corrected chi connectivity index (χ1v) is 6.63. The summed E-state index contributed by atoms with van der Waals surface area (Å²) < 4.78 is 43.4. The number of nitrogens with zero attached hydrogens (tertiary/aromatic N) is 1. The summed E-state index contributed by atoms with van der Waals surface area (Å²) in [4.78, 5) is 14.1. The van der Waals surface area contributed by atoms with Gasteiger partial charge < -0.3 is 15.4 Å². The molecular weight excluding hydrogens is 285 g/mol. The van der Waals surface area contributed by atoms with Gasteiger partial charge in [0.15, 0.2) is 0 Å². The molecule has 4 nitrogen and oxygen atoms in total. The lowest BCUT2D eigenvalue weighted by molar-refractivity contribution is -0.137. The highest BCUT2D eigenvalue weighted by Gasteiger charge is 2.32. The van der Waals surface area contributed by atoms with Crippen LogP contribution in [-0.4, -0.2) is 37.1 Å². The van der Waals surface area contributed by atoms with Gasteiger partial charge in [0.05, 0.1) is 11.1 Å². The lowest BCUT2D eigenvalue weighted by atomic mass is 10.1. The highest BCUT2D eigenvalue weighted by Crippen LogP contribution is 2.31. The zero-order valence-electron chi connectivity index (χ0n) is 11.6. The molecule has 0 spiro atoms. The van der Waals surface area contributed by atoms with Crippen LogP contribution in [-0.2, 0) is 10.9 Å². The van der Waals surface area contributed by atoms with Crippen LogP contribution in [0, 0.1) is 0 Å². The second-order valence-electron chi connectivity index (χ2n) is 5.25. The number of carbonyl (C=O) groups is 1. The zero-order valence-corrected chi connectivity index (χ0v) is 11.6. The van der Waals surface area contributed by atoms with Crippen molar-refractivity contribution >= 4 is 11.7 Å². The van der Waals surface area contributed by atoms with Gasteiger partial charge in [0.2, 0.25) is 0 Å². The number of nitrogens with two attached hydrogens (primary N) is 1. The Balaban J connectivity index is 2.10. The van der Waals surface area contributed by atoms with E-state index in [0.29, 0.717) is 12.8 Å². The summed E-state index contributed by atoms with van der Waals surface area (Å²) in [5.74, 6) is -0.762. The minimum absolute atomic E-state index is 0.111. The molecule has 1 heterocycles. The number of nitrogen functional groups attached to an aromatic ring is 1. The van der Waals surface area contributed by atoms with E-state index >= 15 is 0 Å². The van der Waals surface area contributed by atoms with Crippen molar-refractivity contribution in [3.05, 3.63) is 29.3 Å². The van der Waals surface area contributed by atoms with Crippen molar-refractivity contribution in [2.24, 2.45) is 0 Å². The summed E-state index contributed by atoms with van der Waals surface area (Å²) in [6, 6.07) is 2.77.